The van der Waals surface area contributed by atoms with Crippen LogP contribution in [0.1, 0.15) is 28.7 Å². The molecular formula is C20H23N3O2S. The lowest BCUT2D eigenvalue weighted by Gasteiger charge is -2.20. The van der Waals surface area contributed by atoms with Crippen LogP contribution in [0.2, 0.25) is 0 Å². The van der Waals surface area contributed by atoms with Crippen molar-refractivity contribution in [2.45, 2.75) is 26.3 Å². The summed E-state index contributed by atoms with van der Waals surface area (Å²) in [6.07, 6.45) is 2.53. The molecule has 0 spiro atoms. The van der Waals surface area contributed by atoms with Crippen LogP contribution in [0, 0.1) is 13.8 Å². The van der Waals surface area contributed by atoms with Gasteiger partial charge in [0.1, 0.15) is 11.5 Å². The molecule has 1 aromatic carbocycles. The van der Waals surface area contributed by atoms with Gasteiger partial charge in [0.15, 0.2) is 5.11 Å². The summed E-state index contributed by atoms with van der Waals surface area (Å²) in [7, 11) is 0. The zero-order chi connectivity index (χ0) is 18.5. The highest BCUT2D eigenvalue weighted by molar-refractivity contribution is 7.80. The highest BCUT2D eigenvalue weighted by atomic mass is 32.1. The van der Waals surface area contributed by atoms with Crippen LogP contribution >= 0.6 is 12.2 Å². The van der Waals surface area contributed by atoms with Crippen molar-refractivity contribution < 1.29 is 9.52 Å². The van der Waals surface area contributed by atoms with E-state index in [-0.39, 0.29) is 12.6 Å². The first-order chi connectivity index (χ1) is 12.6. The van der Waals surface area contributed by atoms with E-state index in [1.807, 2.05) is 50.4 Å². The SMILES string of the molecule is Cc1cc(C(Cc2ccnc3ccccc23)NC(=S)NCCO)oc1C. The van der Waals surface area contributed by atoms with Gasteiger partial charge >= 0.3 is 0 Å². The van der Waals surface area contributed by atoms with Gasteiger partial charge in [-0.05, 0) is 55.4 Å². The van der Waals surface area contributed by atoms with Crippen molar-refractivity contribution in [1.29, 1.82) is 0 Å². The molecule has 0 bridgehead atoms. The molecule has 3 aromatic rings. The number of hydrogen-bond donors (Lipinski definition) is 3. The van der Waals surface area contributed by atoms with Crippen molar-refractivity contribution >= 4 is 28.2 Å². The number of aliphatic hydroxyl groups is 1. The van der Waals surface area contributed by atoms with Crippen molar-refractivity contribution in [3.8, 4) is 0 Å². The van der Waals surface area contributed by atoms with Crippen LogP contribution in [0.3, 0.4) is 0 Å². The van der Waals surface area contributed by atoms with Gasteiger partial charge in [0.25, 0.3) is 0 Å². The molecule has 3 N–H and O–H groups in total. The maximum absolute atomic E-state index is 8.98. The van der Waals surface area contributed by atoms with E-state index in [9.17, 15) is 0 Å². The molecule has 5 nitrogen and oxygen atoms in total. The fourth-order valence-electron chi connectivity index (χ4n) is 2.93. The second-order valence-corrected chi connectivity index (χ2v) is 6.66. The minimum Gasteiger partial charge on any atom is -0.464 e. The van der Waals surface area contributed by atoms with Gasteiger partial charge < -0.3 is 20.2 Å². The van der Waals surface area contributed by atoms with E-state index in [2.05, 4.69) is 21.7 Å². The van der Waals surface area contributed by atoms with Gasteiger partial charge in [-0.2, -0.15) is 0 Å². The third kappa shape index (κ3) is 4.20. The number of rotatable bonds is 6. The van der Waals surface area contributed by atoms with Gasteiger partial charge in [-0.3, -0.25) is 4.98 Å². The van der Waals surface area contributed by atoms with Crippen LogP contribution < -0.4 is 10.6 Å². The van der Waals surface area contributed by atoms with Crippen LogP contribution in [0.4, 0.5) is 0 Å². The van der Waals surface area contributed by atoms with Crippen molar-refractivity contribution in [2.75, 3.05) is 13.2 Å². The third-order valence-corrected chi connectivity index (χ3v) is 4.66. The highest BCUT2D eigenvalue weighted by Crippen LogP contribution is 2.26. The summed E-state index contributed by atoms with van der Waals surface area (Å²) in [5.74, 6) is 1.75. The second kappa shape index (κ2) is 8.29. The van der Waals surface area contributed by atoms with Crippen LogP contribution in [0.5, 0.6) is 0 Å². The lowest BCUT2D eigenvalue weighted by molar-refractivity contribution is 0.300. The number of aromatic nitrogens is 1. The Bertz CT molecular complexity index is 882. The molecule has 6 heteroatoms. The summed E-state index contributed by atoms with van der Waals surface area (Å²) in [5.41, 5.74) is 3.25. The van der Waals surface area contributed by atoms with E-state index in [4.69, 9.17) is 21.7 Å². The lowest BCUT2D eigenvalue weighted by Crippen LogP contribution is -2.39. The molecule has 0 fully saturated rings. The molecule has 0 saturated carbocycles. The van der Waals surface area contributed by atoms with Crippen LogP contribution in [-0.2, 0) is 6.42 Å². The largest absolute Gasteiger partial charge is 0.464 e. The molecule has 0 saturated heterocycles. The number of furan rings is 1. The summed E-state index contributed by atoms with van der Waals surface area (Å²) < 4.78 is 5.95. The normalized spacial score (nSPS) is 12.1. The average molecular weight is 369 g/mol. The molecule has 136 valence electrons. The smallest absolute Gasteiger partial charge is 0.166 e. The molecule has 3 rings (SSSR count). The van der Waals surface area contributed by atoms with Gasteiger partial charge in [0, 0.05) is 24.5 Å². The highest BCUT2D eigenvalue weighted by Gasteiger charge is 2.19. The van der Waals surface area contributed by atoms with Crippen molar-refractivity contribution in [3.05, 3.63) is 65.2 Å². The molecule has 2 heterocycles. The molecule has 1 unspecified atom stereocenters. The zero-order valence-electron chi connectivity index (χ0n) is 15.0. The summed E-state index contributed by atoms with van der Waals surface area (Å²) in [6.45, 7) is 4.43. The zero-order valence-corrected chi connectivity index (χ0v) is 15.8. The number of benzene rings is 1. The number of hydrogen-bond acceptors (Lipinski definition) is 4. The first kappa shape index (κ1) is 18.4. The fourth-order valence-corrected chi connectivity index (χ4v) is 3.17. The number of aliphatic hydroxyl groups excluding tert-OH is 1. The Balaban J connectivity index is 1.90. The first-order valence-corrected chi connectivity index (χ1v) is 9.04. The summed E-state index contributed by atoms with van der Waals surface area (Å²) in [5, 5.41) is 16.9. The maximum Gasteiger partial charge on any atom is 0.166 e. The van der Waals surface area contributed by atoms with Crippen LogP contribution in [0.15, 0.2) is 47.0 Å². The molecule has 1 atom stereocenters. The Hall–Kier alpha value is -2.44. The number of fused-ring (bicyclic) bond motifs is 1. The number of nitrogens with one attached hydrogen (secondary N) is 2. The van der Waals surface area contributed by atoms with E-state index in [0.717, 1.165) is 28.0 Å². The molecule has 26 heavy (non-hydrogen) atoms. The predicted octanol–water partition coefficient (Wildman–Crippen LogP) is 3.18. The van der Waals surface area contributed by atoms with E-state index in [1.54, 1.807) is 0 Å². The molecule has 0 aliphatic rings. The van der Waals surface area contributed by atoms with Gasteiger partial charge in [-0.15, -0.1) is 0 Å². The van der Waals surface area contributed by atoms with Crippen molar-refractivity contribution in [3.63, 3.8) is 0 Å². The van der Waals surface area contributed by atoms with Crippen LogP contribution in [-0.4, -0.2) is 28.4 Å². The number of pyridine rings is 1. The molecule has 0 aliphatic carbocycles. The second-order valence-electron chi connectivity index (χ2n) is 6.26. The van der Waals surface area contributed by atoms with Gasteiger partial charge in [-0.25, -0.2) is 0 Å². The van der Waals surface area contributed by atoms with E-state index in [0.29, 0.717) is 18.1 Å². The average Bonchev–Trinajstić information content (AvgIpc) is 2.98. The predicted molar refractivity (Wildman–Crippen MR) is 107 cm³/mol. The Kier molecular flexibility index (Phi) is 5.85. The minimum absolute atomic E-state index is 0.0282. The van der Waals surface area contributed by atoms with Crippen LogP contribution in [0.25, 0.3) is 10.9 Å². The van der Waals surface area contributed by atoms with Crippen molar-refractivity contribution in [2.24, 2.45) is 0 Å². The van der Waals surface area contributed by atoms with E-state index in [1.165, 1.54) is 5.56 Å². The van der Waals surface area contributed by atoms with Gasteiger partial charge in [0.2, 0.25) is 0 Å². The maximum atomic E-state index is 8.98. The Labute approximate surface area is 158 Å². The summed E-state index contributed by atoms with van der Waals surface area (Å²) in [6, 6.07) is 12.1. The minimum atomic E-state index is -0.119. The Morgan fingerprint density at radius 3 is 2.81 bits per heavy atom. The lowest BCUT2D eigenvalue weighted by atomic mass is 10.00. The van der Waals surface area contributed by atoms with E-state index >= 15 is 0 Å². The number of para-hydroxylation sites is 1. The van der Waals surface area contributed by atoms with E-state index < -0.39 is 0 Å². The molecule has 2 aromatic heterocycles. The standard InChI is InChI=1S/C20H23N3O2S/c1-13-11-19(25-14(13)2)18(23-20(26)22-9-10-24)12-15-7-8-21-17-6-4-3-5-16(15)17/h3-8,11,18,24H,9-10,12H2,1-2H3,(H2,22,23,26). The molecule has 0 radical (unpaired) electrons. The summed E-state index contributed by atoms with van der Waals surface area (Å²) in [4.78, 5) is 4.43. The number of nitrogens with zero attached hydrogens (tertiary/aromatic N) is 1. The quantitative estimate of drug-likeness (QED) is 0.580. The molecule has 0 aliphatic heterocycles. The number of aryl methyl sites for hydroxylation is 2. The van der Waals surface area contributed by atoms with Crippen molar-refractivity contribution in [1.82, 2.24) is 15.6 Å². The number of thiocarbonyl (C=S) groups is 1. The van der Waals surface area contributed by atoms with Gasteiger partial charge in [0.05, 0.1) is 18.2 Å². The fraction of sp³-hybridized carbons (Fsp3) is 0.300. The third-order valence-electron chi connectivity index (χ3n) is 4.39. The Morgan fingerprint density at radius 1 is 1.27 bits per heavy atom. The molecule has 0 amide bonds. The van der Waals surface area contributed by atoms with Gasteiger partial charge in [-0.1, -0.05) is 18.2 Å². The summed E-state index contributed by atoms with van der Waals surface area (Å²) >= 11 is 5.36. The topological polar surface area (TPSA) is 70.3 Å². The first-order valence-electron chi connectivity index (χ1n) is 8.63. The molecular weight excluding hydrogens is 346 g/mol. The Morgan fingerprint density at radius 2 is 2.08 bits per heavy atom. The monoisotopic (exact) mass is 369 g/mol.